The number of aliphatic hydroxyl groups is 2. The first-order valence-corrected chi connectivity index (χ1v) is 8.14. The van der Waals surface area contributed by atoms with Crippen molar-refractivity contribution >= 4 is 11.6 Å². The summed E-state index contributed by atoms with van der Waals surface area (Å²) >= 11 is 0. The van der Waals surface area contributed by atoms with Crippen molar-refractivity contribution in [2.45, 2.75) is 25.7 Å². The van der Waals surface area contributed by atoms with Crippen molar-refractivity contribution in [3.8, 4) is 0 Å². The number of amides is 1. The topological polar surface area (TPSA) is 72.8 Å². The normalized spacial score (nSPS) is 17.8. The second-order valence-electron chi connectivity index (χ2n) is 6.19. The fourth-order valence-corrected chi connectivity index (χ4v) is 2.98. The van der Waals surface area contributed by atoms with Gasteiger partial charge in [0.1, 0.15) is 0 Å². The molecule has 0 saturated carbocycles. The zero-order chi connectivity index (χ0) is 16.9. The third-order valence-corrected chi connectivity index (χ3v) is 4.21. The number of benzene rings is 2. The van der Waals surface area contributed by atoms with Crippen molar-refractivity contribution in [2.75, 3.05) is 18.4 Å². The van der Waals surface area contributed by atoms with Gasteiger partial charge in [-0.25, -0.2) is 0 Å². The first-order chi connectivity index (χ1) is 11.6. The molecule has 3 rings (SSSR count). The molecule has 5 nitrogen and oxygen atoms in total. The third-order valence-electron chi connectivity index (χ3n) is 4.21. The molecular weight excluding hydrogens is 304 g/mol. The Morgan fingerprint density at radius 3 is 2.71 bits per heavy atom. The van der Waals surface area contributed by atoms with Gasteiger partial charge in [-0.1, -0.05) is 24.3 Å². The molecule has 2 aromatic carbocycles. The predicted molar refractivity (Wildman–Crippen MR) is 92.7 cm³/mol. The van der Waals surface area contributed by atoms with Crippen LogP contribution in [0.4, 0.5) is 5.69 Å². The second-order valence-corrected chi connectivity index (χ2v) is 6.19. The molecule has 1 unspecified atom stereocenters. The molecule has 0 spiro atoms. The molecule has 0 aromatic heterocycles. The summed E-state index contributed by atoms with van der Waals surface area (Å²) in [5, 5.41) is 21.7. The molecule has 1 atom stereocenters. The van der Waals surface area contributed by atoms with Gasteiger partial charge in [-0.3, -0.25) is 9.69 Å². The molecule has 126 valence electrons. The lowest BCUT2D eigenvalue weighted by Crippen LogP contribution is -2.21. The van der Waals surface area contributed by atoms with Crippen LogP contribution in [0.1, 0.15) is 27.9 Å². The molecule has 24 heavy (non-hydrogen) atoms. The highest BCUT2D eigenvalue weighted by Gasteiger charge is 2.20. The second kappa shape index (κ2) is 7.57. The third kappa shape index (κ3) is 4.20. The van der Waals surface area contributed by atoms with Crippen LogP contribution in [0.15, 0.2) is 48.5 Å². The molecule has 1 aliphatic heterocycles. The Bertz CT molecular complexity index is 717. The first kappa shape index (κ1) is 16.6. The van der Waals surface area contributed by atoms with Gasteiger partial charge in [0.15, 0.2) is 0 Å². The maximum atomic E-state index is 12.3. The molecule has 3 N–H and O–H groups in total. The summed E-state index contributed by atoms with van der Waals surface area (Å²) in [4.78, 5) is 14.5. The number of carbonyl (C=O) groups excluding carboxylic acids is 1. The van der Waals surface area contributed by atoms with E-state index < -0.39 is 0 Å². The summed E-state index contributed by atoms with van der Waals surface area (Å²) in [6, 6.07) is 14.7. The molecule has 0 aliphatic carbocycles. The van der Waals surface area contributed by atoms with Crippen LogP contribution in [0.5, 0.6) is 0 Å². The highest BCUT2D eigenvalue weighted by atomic mass is 16.3. The zero-order valence-corrected chi connectivity index (χ0v) is 13.5. The van der Waals surface area contributed by atoms with E-state index in [0.29, 0.717) is 17.7 Å². The number of nitrogens with zero attached hydrogens (tertiary/aromatic N) is 1. The molecule has 5 heteroatoms. The monoisotopic (exact) mass is 326 g/mol. The van der Waals surface area contributed by atoms with E-state index in [1.807, 2.05) is 24.3 Å². The van der Waals surface area contributed by atoms with Crippen LogP contribution < -0.4 is 5.32 Å². The Labute approximate surface area is 141 Å². The standard InChI is InChI=1S/C19H22N2O3/c22-13-15-4-1-5-16(9-15)19(24)20-17-6-2-3-14(10-17)11-21-8-7-18(23)12-21/h1-6,9-10,18,22-23H,7-8,11-13H2,(H,20,24). The maximum absolute atomic E-state index is 12.3. The molecule has 1 fully saturated rings. The van der Waals surface area contributed by atoms with E-state index in [9.17, 15) is 15.0 Å². The molecule has 1 saturated heterocycles. The van der Waals surface area contributed by atoms with E-state index in [1.165, 1.54) is 0 Å². The molecule has 0 bridgehead atoms. The summed E-state index contributed by atoms with van der Waals surface area (Å²) in [6.07, 6.45) is 0.587. The minimum absolute atomic E-state index is 0.0850. The van der Waals surface area contributed by atoms with Crippen molar-refractivity contribution in [1.82, 2.24) is 4.90 Å². The lowest BCUT2D eigenvalue weighted by Gasteiger charge is -2.15. The van der Waals surface area contributed by atoms with Crippen LogP contribution in [0.3, 0.4) is 0 Å². The van der Waals surface area contributed by atoms with E-state index in [-0.39, 0.29) is 18.6 Å². The fourth-order valence-electron chi connectivity index (χ4n) is 2.98. The van der Waals surface area contributed by atoms with Crippen molar-refractivity contribution in [3.63, 3.8) is 0 Å². The van der Waals surface area contributed by atoms with E-state index in [0.717, 1.165) is 30.8 Å². The Morgan fingerprint density at radius 1 is 1.17 bits per heavy atom. The molecule has 2 aromatic rings. The quantitative estimate of drug-likeness (QED) is 0.786. The van der Waals surface area contributed by atoms with Gasteiger partial charge in [-0.2, -0.15) is 0 Å². The number of aliphatic hydroxyl groups excluding tert-OH is 2. The van der Waals surface area contributed by atoms with Crippen LogP contribution in [0.25, 0.3) is 0 Å². The SMILES string of the molecule is O=C(Nc1cccc(CN2CCC(O)C2)c1)c1cccc(CO)c1. The number of anilines is 1. The smallest absolute Gasteiger partial charge is 0.255 e. The van der Waals surface area contributed by atoms with Crippen LogP contribution in [0.2, 0.25) is 0 Å². The van der Waals surface area contributed by atoms with Crippen LogP contribution in [-0.4, -0.2) is 40.2 Å². The lowest BCUT2D eigenvalue weighted by molar-refractivity contribution is 0.102. The molecular formula is C19H22N2O3. The number of β-amino-alcohol motifs (C(OH)–C–C–N with tert-alkyl or cyclic N) is 1. The van der Waals surface area contributed by atoms with Gasteiger partial charge in [0.05, 0.1) is 12.7 Å². The lowest BCUT2D eigenvalue weighted by atomic mass is 10.1. The average Bonchev–Trinajstić information content (AvgIpc) is 3.00. The van der Waals surface area contributed by atoms with Crippen molar-refractivity contribution < 1.29 is 15.0 Å². The number of nitrogens with one attached hydrogen (secondary N) is 1. The van der Waals surface area contributed by atoms with Crippen LogP contribution in [0, 0.1) is 0 Å². The van der Waals surface area contributed by atoms with Crippen LogP contribution >= 0.6 is 0 Å². The minimum Gasteiger partial charge on any atom is -0.392 e. The molecule has 1 heterocycles. The van der Waals surface area contributed by atoms with Crippen LogP contribution in [-0.2, 0) is 13.2 Å². The zero-order valence-electron chi connectivity index (χ0n) is 13.5. The highest BCUT2D eigenvalue weighted by molar-refractivity contribution is 6.04. The Balaban J connectivity index is 1.66. The summed E-state index contributed by atoms with van der Waals surface area (Å²) in [6.45, 7) is 2.27. The van der Waals surface area contributed by atoms with Crippen molar-refractivity contribution in [2.24, 2.45) is 0 Å². The molecule has 0 radical (unpaired) electrons. The van der Waals surface area contributed by atoms with Gasteiger partial charge in [-0.15, -0.1) is 0 Å². The Morgan fingerprint density at radius 2 is 1.96 bits per heavy atom. The summed E-state index contributed by atoms with van der Waals surface area (Å²) in [5.74, 6) is -0.195. The predicted octanol–water partition coefficient (Wildman–Crippen LogP) is 2.00. The fraction of sp³-hybridized carbons (Fsp3) is 0.316. The van der Waals surface area contributed by atoms with E-state index in [4.69, 9.17) is 0 Å². The largest absolute Gasteiger partial charge is 0.392 e. The van der Waals surface area contributed by atoms with E-state index in [2.05, 4.69) is 10.2 Å². The molecule has 1 amide bonds. The summed E-state index contributed by atoms with van der Waals surface area (Å²) in [5.41, 5.74) is 3.08. The number of rotatable bonds is 5. The van der Waals surface area contributed by atoms with Crippen molar-refractivity contribution in [1.29, 1.82) is 0 Å². The van der Waals surface area contributed by atoms with E-state index >= 15 is 0 Å². The van der Waals surface area contributed by atoms with Gasteiger partial charge in [-0.05, 0) is 41.8 Å². The number of likely N-dealkylation sites (tertiary alicyclic amines) is 1. The van der Waals surface area contributed by atoms with E-state index in [1.54, 1.807) is 24.3 Å². The van der Waals surface area contributed by atoms with Crippen molar-refractivity contribution in [3.05, 3.63) is 65.2 Å². The minimum atomic E-state index is -0.230. The number of hydrogen-bond acceptors (Lipinski definition) is 4. The summed E-state index contributed by atoms with van der Waals surface area (Å²) in [7, 11) is 0. The Kier molecular flexibility index (Phi) is 5.25. The summed E-state index contributed by atoms with van der Waals surface area (Å²) < 4.78 is 0. The Hall–Kier alpha value is -2.21. The van der Waals surface area contributed by atoms with Gasteiger partial charge in [0.25, 0.3) is 5.91 Å². The highest BCUT2D eigenvalue weighted by Crippen LogP contribution is 2.17. The first-order valence-electron chi connectivity index (χ1n) is 8.14. The number of carbonyl (C=O) groups is 1. The van der Waals surface area contributed by atoms with Gasteiger partial charge in [0.2, 0.25) is 0 Å². The van der Waals surface area contributed by atoms with Gasteiger partial charge in [0, 0.05) is 30.9 Å². The number of hydrogen-bond donors (Lipinski definition) is 3. The average molecular weight is 326 g/mol. The maximum Gasteiger partial charge on any atom is 0.255 e. The molecule has 1 aliphatic rings. The van der Waals surface area contributed by atoms with Gasteiger partial charge < -0.3 is 15.5 Å². The van der Waals surface area contributed by atoms with Gasteiger partial charge >= 0.3 is 0 Å².